The number of pyridine rings is 1. The largest absolute Gasteiger partial charge is 0.396 e. The molecule has 17 heavy (non-hydrogen) atoms. The minimum absolute atomic E-state index is 0.0219. The first kappa shape index (κ1) is 11.4. The Morgan fingerprint density at radius 3 is 2.82 bits per heavy atom. The summed E-state index contributed by atoms with van der Waals surface area (Å²) in [6.45, 7) is 0. The highest BCUT2D eigenvalue weighted by molar-refractivity contribution is 6.33. The van der Waals surface area contributed by atoms with E-state index in [-0.39, 0.29) is 5.69 Å². The summed E-state index contributed by atoms with van der Waals surface area (Å²) >= 11 is 5.99. The summed E-state index contributed by atoms with van der Waals surface area (Å²) in [7, 11) is 0. The van der Waals surface area contributed by atoms with Crippen molar-refractivity contribution in [1.29, 1.82) is 5.26 Å². The van der Waals surface area contributed by atoms with Crippen LogP contribution in [-0.4, -0.2) is 4.98 Å². The van der Waals surface area contributed by atoms with Crippen LogP contribution in [0.25, 0.3) is 11.1 Å². The van der Waals surface area contributed by atoms with E-state index in [2.05, 4.69) is 4.98 Å². The van der Waals surface area contributed by atoms with Gasteiger partial charge in [0, 0.05) is 23.5 Å². The Bertz CT molecular complexity index is 620. The van der Waals surface area contributed by atoms with E-state index >= 15 is 0 Å². The van der Waals surface area contributed by atoms with Gasteiger partial charge in [0.05, 0.1) is 16.3 Å². The molecule has 0 spiro atoms. The third-order valence-electron chi connectivity index (χ3n) is 2.32. The van der Waals surface area contributed by atoms with Gasteiger partial charge in [-0.1, -0.05) is 11.6 Å². The average Bonchev–Trinajstić information content (AvgIpc) is 2.34. The summed E-state index contributed by atoms with van der Waals surface area (Å²) in [4.78, 5) is 3.83. The maximum absolute atomic E-state index is 13.4. The predicted molar refractivity (Wildman–Crippen MR) is 63.8 cm³/mol. The van der Waals surface area contributed by atoms with Gasteiger partial charge in [0.25, 0.3) is 0 Å². The van der Waals surface area contributed by atoms with Crippen LogP contribution in [0.5, 0.6) is 0 Å². The summed E-state index contributed by atoms with van der Waals surface area (Å²) in [6.07, 6.45) is 2.92. The smallest absolute Gasteiger partial charge is 0.146 e. The first-order valence-electron chi connectivity index (χ1n) is 4.72. The molecule has 2 N–H and O–H groups in total. The fourth-order valence-corrected chi connectivity index (χ4v) is 1.76. The molecule has 5 heteroatoms. The minimum atomic E-state index is -0.565. The Morgan fingerprint density at radius 1 is 1.35 bits per heavy atom. The Morgan fingerprint density at radius 2 is 2.12 bits per heavy atom. The van der Waals surface area contributed by atoms with Crippen LogP contribution < -0.4 is 5.73 Å². The number of anilines is 1. The van der Waals surface area contributed by atoms with Crippen molar-refractivity contribution in [2.75, 3.05) is 5.73 Å². The highest BCUT2D eigenvalue weighted by Gasteiger charge is 2.11. The van der Waals surface area contributed by atoms with Crippen LogP contribution in [0.15, 0.2) is 30.6 Å². The fourth-order valence-electron chi connectivity index (χ4n) is 1.49. The molecule has 84 valence electrons. The van der Waals surface area contributed by atoms with Gasteiger partial charge in [-0.25, -0.2) is 4.39 Å². The number of hydrogen-bond donors (Lipinski definition) is 1. The molecule has 3 nitrogen and oxygen atoms in total. The summed E-state index contributed by atoms with van der Waals surface area (Å²) in [5.41, 5.74) is 6.67. The SMILES string of the molecule is N#Cc1cnccc1-c1cc(F)c(N)cc1Cl. The van der Waals surface area contributed by atoms with E-state index in [0.717, 1.165) is 0 Å². The quantitative estimate of drug-likeness (QED) is 0.788. The second-order valence-electron chi connectivity index (χ2n) is 3.39. The van der Waals surface area contributed by atoms with Crippen molar-refractivity contribution in [2.45, 2.75) is 0 Å². The Balaban J connectivity index is 2.69. The molecule has 1 aromatic heterocycles. The van der Waals surface area contributed by atoms with Crippen LogP contribution in [0.1, 0.15) is 5.56 Å². The van der Waals surface area contributed by atoms with Crippen molar-refractivity contribution in [3.8, 4) is 17.2 Å². The molecule has 0 atom stereocenters. The molecule has 2 aromatic rings. The molecule has 0 aliphatic rings. The number of hydrogen-bond acceptors (Lipinski definition) is 3. The monoisotopic (exact) mass is 247 g/mol. The summed E-state index contributed by atoms with van der Waals surface area (Å²) < 4.78 is 13.4. The highest BCUT2D eigenvalue weighted by Crippen LogP contribution is 2.32. The summed E-state index contributed by atoms with van der Waals surface area (Å²) in [5, 5.41) is 9.24. The maximum Gasteiger partial charge on any atom is 0.146 e. The molecule has 0 fully saturated rings. The van der Waals surface area contributed by atoms with Crippen molar-refractivity contribution in [3.63, 3.8) is 0 Å². The normalized spacial score (nSPS) is 9.94. The van der Waals surface area contributed by atoms with Crippen LogP contribution in [0, 0.1) is 17.1 Å². The molecule has 1 heterocycles. The van der Waals surface area contributed by atoms with E-state index in [0.29, 0.717) is 21.7 Å². The Kier molecular flexibility index (Phi) is 2.94. The van der Waals surface area contributed by atoms with Gasteiger partial charge >= 0.3 is 0 Å². The van der Waals surface area contributed by atoms with E-state index in [1.807, 2.05) is 6.07 Å². The Hall–Kier alpha value is -2.12. The molecular weight excluding hydrogens is 241 g/mol. The number of aromatic nitrogens is 1. The number of nitrogens with two attached hydrogens (primary N) is 1. The van der Waals surface area contributed by atoms with Gasteiger partial charge in [0.2, 0.25) is 0 Å². The average molecular weight is 248 g/mol. The molecule has 0 radical (unpaired) electrons. The number of nitrogens with zero attached hydrogens (tertiary/aromatic N) is 2. The first-order valence-corrected chi connectivity index (χ1v) is 5.10. The number of benzene rings is 1. The zero-order chi connectivity index (χ0) is 12.4. The first-order chi connectivity index (χ1) is 8.13. The summed E-state index contributed by atoms with van der Waals surface area (Å²) in [5.74, 6) is -0.565. The highest BCUT2D eigenvalue weighted by atomic mass is 35.5. The number of halogens is 2. The van der Waals surface area contributed by atoms with Crippen LogP contribution in [-0.2, 0) is 0 Å². The van der Waals surface area contributed by atoms with Gasteiger partial charge in [-0.15, -0.1) is 0 Å². The van der Waals surface area contributed by atoms with Crippen LogP contribution in [0.4, 0.5) is 10.1 Å². The van der Waals surface area contributed by atoms with Crippen LogP contribution in [0.3, 0.4) is 0 Å². The maximum atomic E-state index is 13.4. The lowest BCUT2D eigenvalue weighted by molar-refractivity contribution is 0.633. The van der Waals surface area contributed by atoms with Gasteiger partial charge in [0.15, 0.2) is 0 Å². The van der Waals surface area contributed by atoms with E-state index in [9.17, 15) is 4.39 Å². The molecule has 0 aliphatic heterocycles. The van der Waals surface area contributed by atoms with Crippen molar-refractivity contribution in [1.82, 2.24) is 4.98 Å². The zero-order valence-electron chi connectivity index (χ0n) is 8.61. The lowest BCUT2D eigenvalue weighted by atomic mass is 10.0. The van der Waals surface area contributed by atoms with E-state index in [1.165, 1.54) is 24.5 Å². The third kappa shape index (κ3) is 2.05. The second kappa shape index (κ2) is 4.40. The van der Waals surface area contributed by atoms with Gasteiger partial charge in [-0.3, -0.25) is 4.98 Å². The fraction of sp³-hybridized carbons (Fsp3) is 0. The lowest BCUT2D eigenvalue weighted by Gasteiger charge is -2.07. The van der Waals surface area contributed by atoms with Crippen molar-refractivity contribution < 1.29 is 4.39 Å². The number of nitriles is 1. The standard InChI is InChI=1S/C12H7ClFN3/c13-10-4-12(16)11(14)3-9(10)8-1-2-17-6-7(8)5-15/h1-4,6H,16H2. The van der Waals surface area contributed by atoms with Gasteiger partial charge in [-0.2, -0.15) is 5.26 Å². The van der Waals surface area contributed by atoms with Crippen LogP contribution >= 0.6 is 11.6 Å². The minimum Gasteiger partial charge on any atom is -0.396 e. The number of rotatable bonds is 1. The molecule has 2 rings (SSSR count). The third-order valence-corrected chi connectivity index (χ3v) is 2.63. The summed E-state index contributed by atoms with van der Waals surface area (Å²) in [6, 6.07) is 6.13. The number of nitrogen functional groups attached to an aromatic ring is 1. The van der Waals surface area contributed by atoms with E-state index in [1.54, 1.807) is 6.07 Å². The molecule has 0 amide bonds. The molecule has 1 aromatic carbocycles. The van der Waals surface area contributed by atoms with E-state index in [4.69, 9.17) is 22.6 Å². The molecule has 0 saturated heterocycles. The predicted octanol–water partition coefficient (Wildman–Crippen LogP) is 2.99. The van der Waals surface area contributed by atoms with Gasteiger partial charge in [-0.05, 0) is 18.2 Å². The molecular formula is C12H7ClFN3. The van der Waals surface area contributed by atoms with Crippen molar-refractivity contribution >= 4 is 17.3 Å². The molecule has 0 aliphatic carbocycles. The Labute approximate surface area is 102 Å². The molecule has 0 bridgehead atoms. The van der Waals surface area contributed by atoms with Crippen molar-refractivity contribution in [3.05, 3.63) is 47.0 Å². The second-order valence-corrected chi connectivity index (χ2v) is 3.79. The molecule has 0 unspecified atom stereocenters. The van der Waals surface area contributed by atoms with Gasteiger partial charge in [0.1, 0.15) is 11.9 Å². The van der Waals surface area contributed by atoms with Crippen molar-refractivity contribution in [2.24, 2.45) is 0 Å². The van der Waals surface area contributed by atoms with Crippen LogP contribution in [0.2, 0.25) is 5.02 Å². The lowest BCUT2D eigenvalue weighted by Crippen LogP contribution is -1.93. The topological polar surface area (TPSA) is 62.7 Å². The zero-order valence-corrected chi connectivity index (χ0v) is 9.37. The van der Waals surface area contributed by atoms with E-state index < -0.39 is 5.82 Å². The van der Waals surface area contributed by atoms with Gasteiger partial charge < -0.3 is 5.73 Å². The molecule has 0 saturated carbocycles.